The second-order valence-electron chi connectivity index (χ2n) is 4.30. The van der Waals surface area contributed by atoms with E-state index < -0.39 is 0 Å². The minimum atomic E-state index is -0.354. The van der Waals surface area contributed by atoms with Crippen molar-refractivity contribution in [3.8, 4) is 0 Å². The first-order valence-corrected chi connectivity index (χ1v) is 6.96. The Balaban J connectivity index is 2.75. The van der Waals surface area contributed by atoms with Crippen molar-refractivity contribution in [3.05, 3.63) is 34.9 Å². The van der Waals surface area contributed by atoms with E-state index in [1.807, 2.05) is 13.2 Å². The van der Waals surface area contributed by atoms with Crippen LogP contribution in [0.4, 0.5) is 8.78 Å². The molecule has 0 aliphatic rings. The van der Waals surface area contributed by atoms with Crippen LogP contribution in [0.25, 0.3) is 0 Å². The standard InChI is InChI=1S/C13H19F2NS/c1-8-5-13(15)11(6-12(8)14)10(3)16-7-9(2)17-4/h5-6,9-10,16H,7H2,1-4H3. The smallest absolute Gasteiger partial charge is 0.128 e. The van der Waals surface area contributed by atoms with Crippen LogP contribution >= 0.6 is 11.8 Å². The van der Waals surface area contributed by atoms with Crippen LogP contribution < -0.4 is 5.32 Å². The maximum atomic E-state index is 13.7. The largest absolute Gasteiger partial charge is 0.309 e. The number of thioether (sulfide) groups is 1. The molecule has 0 aromatic heterocycles. The molecular formula is C13H19F2NS. The number of hydrogen-bond donors (Lipinski definition) is 1. The third-order valence-electron chi connectivity index (χ3n) is 2.86. The van der Waals surface area contributed by atoms with Crippen LogP contribution in [-0.2, 0) is 0 Å². The molecule has 1 aromatic carbocycles. The summed E-state index contributed by atoms with van der Waals surface area (Å²) in [6, 6.07) is 2.35. The maximum absolute atomic E-state index is 13.7. The molecule has 0 saturated heterocycles. The second kappa shape index (κ2) is 6.36. The van der Waals surface area contributed by atoms with Crippen molar-refractivity contribution in [3.63, 3.8) is 0 Å². The SMILES string of the molecule is CSC(C)CNC(C)c1cc(F)c(C)cc1F. The van der Waals surface area contributed by atoms with E-state index in [-0.39, 0.29) is 17.7 Å². The fraction of sp³-hybridized carbons (Fsp3) is 0.538. The Hall–Kier alpha value is -0.610. The van der Waals surface area contributed by atoms with Crippen molar-refractivity contribution < 1.29 is 8.78 Å². The van der Waals surface area contributed by atoms with Crippen molar-refractivity contribution in [1.82, 2.24) is 5.32 Å². The minimum absolute atomic E-state index is 0.181. The van der Waals surface area contributed by atoms with Crippen LogP contribution in [0.15, 0.2) is 12.1 Å². The van der Waals surface area contributed by atoms with E-state index in [9.17, 15) is 8.78 Å². The van der Waals surface area contributed by atoms with Crippen molar-refractivity contribution >= 4 is 11.8 Å². The summed E-state index contributed by atoms with van der Waals surface area (Å²) >= 11 is 1.74. The van der Waals surface area contributed by atoms with Gasteiger partial charge in [0.05, 0.1) is 0 Å². The van der Waals surface area contributed by atoms with Crippen LogP contribution in [-0.4, -0.2) is 18.1 Å². The molecule has 1 nitrogen and oxygen atoms in total. The molecule has 2 unspecified atom stereocenters. The minimum Gasteiger partial charge on any atom is -0.309 e. The van der Waals surface area contributed by atoms with E-state index >= 15 is 0 Å². The Morgan fingerprint density at radius 1 is 1.24 bits per heavy atom. The average Bonchev–Trinajstić information content (AvgIpc) is 2.30. The Bertz CT molecular complexity index is 382. The van der Waals surface area contributed by atoms with Crippen molar-refractivity contribution in [2.24, 2.45) is 0 Å². The lowest BCUT2D eigenvalue weighted by Gasteiger charge is -2.18. The zero-order valence-electron chi connectivity index (χ0n) is 10.7. The van der Waals surface area contributed by atoms with E-state index in [0.717, 1.165) is 6.54 Å². The van der Waals surface area contributed by atoms with Crippen LogP contribution in [0.1, 0.15) is 31.0 Å². The van der Waals surface area contributed by atoms with Gasteiger partial charge in [-0.05, 0) is 37.8 Å². The van der Waals surface area contributed by atoms with Gasteiger partial charge in [-0.3, -0.25) is 0 Å². The molecule has 1 N–H and O–H groups in total. The molecule has 0 aliphatic carbocycles. The lowest BCUT2D eigenvalue weighted by atomic mass is 10.0. The number of hydrogen-bond acceptors (Lipinski definition) is 2. The Labute approximate surface area is 106 Å². The quantitative estimate of drug-likeness (QED) is 0.865. The molecule has 0 fully saturated rings. The molecule has 0 heterocycles. The number of rotatable bonds is 5. The normalized spacial score (nSPS) is 14.7. The molecule has 1 aromatic rings. The summed E-state index contributed by atoms with van der Waals surface area (Å²) in [5, 5.41) is 3.66. The zero-order valence-corrected chi connectivity index (χ0v) is 11.5. The van der Waals surface area contributed by atoms with Crippen LogP contribution in [0.5, 0.6) is 0 Å². The zero-order chi connectivity index (χ0) is 13.0. The Morgan fingerprint density at radius 3 is 2.47 bits per heavy atom. The highest BCUT2D eigenvalue weighted by Gasteiger charge is 2.14. The molecule has 0 radical (unpaired) electrons. The Morgan fingerprint density at radius 2 is 1.88 bits per heavy atom. The number of aryl methyl sites for hydroxylation is 1. The van der Waals surface area contributed by atoms with E-state index in [2.05, 4.69) is 12.2 Å². The maximum Gasteiger partial charge on any atom is 0.128 e. The average molecular weight is 259 g/mol. The summed E-state index contributed by atoms with van der Waals surface area (Å²) in [4.78, 5) is 0. The summed E-state index contributed by atoms with van der Waals surface area (Å²) in [5.41, 5.74) is 0.734. The van der Waals surface area contributed by atoms with Gasteiger partial charge in [0.25, 0.3) is 0 Å². The second-order valence-corrected chi connectivity index (χ2v) is 5.58. The molecular weight excluding hydrogens is 240 g/mol. The number of benzene rings is 1. The predicted octanol–water partition coefficient (Wildman–Crippen LogP) is 3.68. The molecule has 0 aliphatic heterocycles. The van der Waals surface area contributed by atoms with E-state index in [1.54, 1.807) is 18.7 Å². The Kier molecular flexibility index (Phi) is 5.40. The highest BCUT2D eigenvalue weighted by atomic mass is 32.2. The number of halogens is 2. The summed E-state index contributed by atoms with van der Waals surface area (Å²) in [6.45, 7) is 6.28. The van der Waals surface area contributed by atoms with Crippen LogP contribution in [0, 0.1) is 18.6 Å². The van der Waals surface area contributed by atoms with Gasteiger partial charge in [0.15, 0.2) is 0 Å². The molecule has 4 heteroatoms. The third-order valence-corrected chi connectivity index (χ3v) is 3.83. The van der Waals surface area contributed by atoms with Gasteiger partial charge >= 0.3 is 0 Å². The monoisotopic (exact) mass is 259 g/mol. The van der Waals surface area contributed by atoms with Gasteiger partial charge < -0.3 is 5.32 Å². The van der Waals surface area contributed by atoms with E-state index in [0.29, 0.717) is 16.4 Å². The van der Waals surface area contributed by atoms with E-state index in [4.69, 9.17) is 0 Å². The van der Waals surface area contributed by atoms with Gasteiger partial charge in [-0.1, -0.05) is 6.92 Å². The molecule has 17 heavy (non-hydrogen) atoms. The topological polar surface area (TPSA) is 12.0 Å². The molecule has 0 saturated carbocycles. The van der Waals surface area contributed by atoms with Crippen molar-refractivity contribution in [2.45, 2.75) is 32.1 Å². The highest BCUT2D eigenvalue weighted by molar-refractivity contribution is 7.99. The van der Waals surface area contributed by atoms with Crippen molar-refractivity contribution in [2.75, 3.05) is 12.8 Å². The van der Waals surface area contributed by atoms with Crippen LogP contribution in [0.2, 0.25) is 0 Å². The fourth-order valence-corrected chi connectivity index (χ4v) is 1.79. The summed E-state index contributed by atoms with van der Waals surface area (Å²) in [6.07, 6.45) is 2.03. The number of nitrogens with one attached hydrogen (secondary N) is 1. The molecule has 0 amide bonds. The lowest BCUT2D eigenvalue weighted by Crippen LogP contribution is -2.26. The lowest BCUT2D eigenvalue weighted by molar-refractivity contribution is 0.518. The van der Waals surface area contributed by atoms with Gasteiger partial charge in [-0.2, -0.15) is 11.8 Å². The summed E-state index contributed by atoms with van der Waals surface area (Å²) < 4.78 is 27.1. The molecule has 0 spiro atoms. The first kappa shape index (κ1) is 14.5. The van der Waals surface area contributed by atoms with Gasteiger partial charge in [0, 0.05) is 23.4 Å². The molecule has 1 rings (SSSR count). The van der Waals surface area contributed by atoms with E-state index in [1.165, 1.54) is 12.1 Å². The highest BCUT2D eigenvalue weighted by Crippen LogP contribution is 2.20. The summed E-state index contributed by atoms with van der Waals surface area (Å²) in [5.74, 6) is -0.700. The fourth-order valence-electron chi connectivity index (χ4n) is 1.53. The summed E-state index contributed by atoms with van der Waals surface area (Å²) in [7, 11) is 0. The van der Waals surface area contributed by atoms with Crippen LogP contribution in [0.3, 0.4) is 0 Å². The van der Waals surface area contributed by atoms with Gasteiger partial charge in [0.1, 0.15) is 11.6 Å². The predicted molar refractivity (Wildman–Crippen MR) is 70.5 cm³/mol. The van der Waals surface area contributed by atoms with Gasteiger partial charge in [-0.15, -0.1) is 0 Å². The van der Waals surface area contributed by atoms with Gasteiger partial charge in [-0.25, -0.2) is 8.78 Å². The molecule has 96 valence electrons. The first-order valence-electron chi connectivity index (χ1n) is 5.67. The molecule has 2 atom stereocenters. The van der Waals surface area contributed by atoms with Crippen molar-refractivity contribution in [1.29, 1.82) is 0 Å². The van der Waals surface area contributed by atoms with Gasteiger partial charge in [0.2, 0.25) is 0 Å². The first-order chi connectivity index (χ1) is 7.95. The molecule has 0 bridgehead atoms. The third kappa shape index (κ3) is 3.96.